The molecule has 1 aliphatic rings. The molecular formula is C11H23N3O. The maximum Gasteiger partial charge on any atom is 0.220 e. The first-order valence-corrected chi connectivity index (χ1v) is 5.80. The van der Waals surface area contributed by atoms with Gasteiger partial charge in [0.2, 0.25) is 5.91 Å². The van der Waals surface area contributed by atoms with Crippen LogP contribution in [-0.2, 0) is 4.79 Å². The summed E-state index contributed by atoms with van der Waals surface area (Å²) in [7, 11) is 2.13. The van der Waals surface area contributed by atoms with Crippen LogP contribution in [0.2, 0.25) is 0 Å². The Balaban J connectivity index is 1.99. The van der Waals surface area contributed by atoms with Gasteiger partial charge < -0.3 is 15.5 Å². The molecular weight excluding hydrogens is 190 g/mol. The minimum absolute atomic E-state index is 0.195. The van der Waals surface area contributed by atoms with Gasteiger partial charge in [0.25, 0.3) is 0 Å². The molecule has 0 spiro atoms. The minimum atomic E-state index is 0.195. The van der Waals surface area contributed by atoms with E-state index >= 15 is 0 Å². The third-order valence-electron chi connectivity index (χ3n) is 3.00. The molecule has 1 unspecified atom stereocenters. The van der Waals surface area contributed by atoms with E-state index in [1.807, 2.05) is 0 Å². The lowest BCUT2D eigenvalue weighted by Crippen LogP contribution is -2.39. The van der Waals surface area contributed by atoms with Gasteiger partial charge in [0.15, 0.2) is 0 Å². The van der Waals surface area contributed by atoms with Crippen LogP contribution in [0.25, 0.3) is 0 Å². The van der Waals surface area contributed by atoms with Crippen molar-refractivity contribution in [1.82, 2.24) is 15.5 Å². The summed E-state index contributed by atoms with van der Waals surface area (Å²) in [5, 5.41) is 6.33. The molecule has 1 fully saturated rings. The van der Waals surface area contributed by atoms with E-state index in [4.69, 9.17) is 0 Å². The van der Waals surface area contributed by atoms with Crippen molar-refractivity contribution >= 4 is 5.91 Å². The molecule has 4 heteroatoms. The van der Waals surface area contributed by atoms with Crippen LogP contribution < -0.4 is 10.6 Å². The second-order valence-electron chi connectivity index (χ2n) is 4.58. The molecule has 0 bridgehead atoms. The number of nitrogens with zero attached hydrogens (tertiary/aromatic N) is 1. The smallest absolute Gasteiger partial charge is 0.220 e. The summed E-state index contributed by atoms with van der Waals surface area (Å²) in [6.45, 7) is 7.32. The van der Waals surface area contributed by atoms with Crippen LogP contribution in [0.3, 0.4) is 0 Å². The molecule has 1 amide bonds. The summed E-state index contributed by atoms with van der Waals surface area (Å²) < 4.78 is 0. The summed E-state index contributed by atoms with van der Waals surface area (Å²) in [4.78, 5) is 13.2. The molecule has 0 aromatic carbocycles. The van der Waals surface area contributed by atoms with Crippen LogP contribution in [0.15, 0.2) is 0 Å². The topological polar surface area (TPSA) is 44.4 Å². The lowest BCUT2D eigenvalue weighted by atomic mass is 10.2. The molecule has 0 radical (unpaired) electrons. The normalized spacial score (nSPS) is 21.4. The molecule has 15 heavy (non-hydrogen) atoms. The van der Waals surface area contributed by atoms with E-state index in [-0.39, 0.29) is 5.91 Å². The Kier molecular flexibility index (Phi) is 5.05. The monoisotopic (exact) mass is 213 g/mol. The summed E-state index contributed by atoms with van der Waals surface area (Å²) in [5.41, 5.74) is 0. The molecule has 2 N–H and O–H groups in total. The first-order valence-electron chi connectivity index (χ1n) is 5.80. The highest BCUT2D eigenvalue weighted by Gasteiger charge is 2.19. The van der Waals surface area contributed by atoms with Gasteiger partial charge in [0, 0.05) is 38.1 Å². The largest absolute Gasteiger partial charge is 0.352 e. The van der Waals surface area contributed by atoms with Crippen molar-refractivity contribution in [3.05, 3.63) is 0 Å². The first kappa shape index (κ1) is 12.5. The van der Waals surface area contributed by atoms with Gasteiger partial charge in [-0.2, -0.15) is 0 Å². The van der Waals surface area contributed by atoms with E-state index in [1.54, 1.807) is 0 Å². The number of rotatable bonds is 6. The molecule has 1 heterocycles. The van der Waals surface area contributed by atoms with Crippen LogP contribution in [-0.4, -0.2) is 49.6 Å². The van der Waals surface area contributed by atoms with Crippen LogP contribution >= 0.6 is 0 Å². The first-order chi connectivity index (χ1) is 7.09. The summed E-state index contributed by atoms with van der Waals surface area (Å²) in [6.07, 6.45) is 1.67. The highest BCUT2D eigenvalue weighted by molar-refractivity contribution is 5.78. The zero-order chi connectivity index (χ0) is 11.3. The Labute approximate surface area is 92.4 Å². The second-order valence-corrected chi connectivity index (χ2v) is 4.58. The summed E-state index contributed by atoms with van der Waals surface area (Å²) in [5.74, 6) is 0.195. The maximum absolute atomic E-state index is 10.9. The van der Waals surface area contributed by atoms with Crippen molar-refractivity contribution in [2.24, 2.45) is 0 Å². The molecule has 1 rings (SSSR count). The van der Waals surface area contributed by atoms with E-state index in [0.29, 0.717) is 18.5 Å². The van der Waals surface area contributed by atoms with Crippen LogP contribution in [0.4, 0.5) is 0 Å². The average molecular weight is 213 g/mol. The van der Waals surface area contributed by atoms with Gasteiger partial charge in [-0.25, -0.2) is 0 Å². The van der Waals surface area contributed by atoms with Crippen molar-refractivity contribution in [3.63, 3.8) is 0 Å². The number of hydrogen-bond donors (Lipinski definition) is 2. The number of carbonyl (C=O) groups excluding carboxylic acids is 1. The van der Waals surface area contributed by atoms with Crippen molar-refractivity contribution in [1.29, 1.82) is 0 Å². The Bertz CT molecular complexity index is 206. The lowest BCUT2D eigenvalue weighted by molar-refractivity contribution is -0.119. The fourth-order valence-corrected chi connectivity index (χ4v) is 1.62. The van der Waals surface area contributed by atoms with Crippen LogP contribution in [0.1, 0.15) is 26.7 Å². The van der Waals surface area contributed by atoms with Crippen LogP contribution in [0, 0.1) is 0 Å². The van der Waals surface area contributed by atoms with Crippen LogP contribution in [0.5, 0.6) is 0 Å². The maximum atomic E-state index is 10.9. The zero-order valence-electron chi connectivity index (χ0n) is 10.0. The van der Waals surface area contributed by atoms with Gasteiger partial charge >= 0.3 is 0 Å². The molecule has 1 atom stereocenters. The fourth-order valence-electron chi connectivity index (χ4n) is 1.62. The predicted molar refractivity (Wildman–Crippen MR) is 61.8 cm³/mol. The predicted octanol–water partition coefficient (Wildman–Crippen LogP) is 0.195. The average Bonchev–Trinajstić information content (AvgIpc) is 2.58. The summed E-state index contributed by atoms with van der Waals surface area (Å²) in [6, 6.07) is 0.944. The second kappa shape index (κ2) is 6.08. The Hall–Kier alpha value is -0.610. The molecule has 0 aromatic heterocycles. The summed E-state index contributed by atoms with van der Waals surface area (Å²) >= 11 is 0. The van der Waals surface area contributed by atoms with Crippen molar-refractivity contribution in [3.8, 4) is 0 Å². The van der Waals surface area contributed by atoms with E-state index in [9.17, 15) is 4.79 Å². The number of amides is 1. The van der Waals surface area contributed by atoms with Gasteiger partial charge in [0.1, 0.15) is 0 Å². The van der Waals surface area contributed by atoms with Crippen molar-refractivity contribution < 1.29 is 4.79 Å². The Morgan fingerprint density at radius 3 is 2.87 bits per heavy atom. The van der Waals surface area contributed by atoms with E-state index in [0.717, 1.165) is 26.1 Å². The van der Waals surface area contributed by atoms with Gasteiger partial charge in [-0.3, -0.25) is 4.79 Å². The van der Waals surface area contributed by atoms with E-state index in [2.05, 4.69) is 36.4 Å². The number of likely N-dealkylation sites (N-methyl/N-ethyl adjacent to an activating group) is 1. The SMILES string of the molecule is CC(C)N(C)CCNCC1CCC(=O)N1. The zero-order valence-corrected chi connectivity index (χ0v) is 10.0. The van der Waals surface area contributed by atoms with Crippen molar-refractivity contribution in [2.75, 3.05) is 26.7 Å². The third kappa shape index (κ3) is 4.62. The quantitative estimate of drug-likeness (QED) is 0.619. The van der Waals surface area contributed by atoms with Gasteiger partial charge in [-0.05, 0) is 27.3 Å². The molecule has 88 valence electrons. The van der Waals surface area contributed by atoms with Gasteiger partial charge in [-0.15, -0.1) is 0 Å². The Morgan fingerprint density at radius 2 is 2.33 bits per heavy atom. The van der Waals surface area contributed by atoms with Gasteiger partial charge in [0.05, 0.1) is 0 Å². The molecule has 0 aromatic rings. The highest BCUT2D eigenvalue weighted by atomic mass is 16.1. The number of carbonyl (C=O) groups is 1. The highest BCUT2D eigenvalue weighted by Crippen LogP contribution is 2.04. The molecule has 0 saturated carbocycles. The van der Waals surface area contributed by atoms with E-state index in [1.165, 1.54) is 0 Å². The van der Waals surface area contributed by atoms with Gasteiger partial charge in [-0.1, -0.05) is 0 Å². The lowest BCUT2D eigenvalue weighted by Gasteiger charge is -2.21. The standard InChI is InChI=1S/C11H23N3O/c1-9(2)14(3)7-6-12-8-10-4-5-11(15)13-10/h9-10,12H,4-8H2,1-3H3,(H,13,15). The number of nitrogens with one attached hydrogen (secondary N) is 2. The molecule has 1 saturated heterocycles. The Morgan fingerprint density at radius 1 is 1.60 bits per heavy atom. The van der Waals surface area contributed by atoms with E-state index < -0.39 is 0 Å². The number of hydrogen-bond acceptors (Lipinski definition) is 3. The molecule has 4 nitrogen and oxygen atoms in total. The molecule has 1 aliphatic heterocycles. The fraction of sp³-hybridized carbons (Fsp3) is 0.909. The minimum Gasteiger partial charge on any atom is -0.352 e. The molecule has 0 aliphatic carbocycles. The third-order valence-corrected chi connectivity index (χ3v) is 3.00. The van der Waals surface area contributed by atoms with Crippen molar-refractivity contribution in [2.45, 2.75) is 38.8 Å².